The Bertz CT molecular complexity index is 555. The Morgan fingerprint density at radius 1 is 1.42 bits per heavy atom. The van der Waals surface area contributed by atoms with Gasteiger partial charge in [-0.25, -0.2) is 0 Å². The van der Waals surface area contributed by atoms with Gasteiger partial charge in [0.2, 0.25) is 0 Å². The highest BCUT2D eigenvalue weighted by atomic mass is 79.9. The summed E-state index contributed by atoms with van der Waals surface area (Å²) < 4.78 is 3.68. The van der Waals surface area contributed by atoms with Crippen molar-refractivity contribution < 1.29 is 0 Å². The van der Waals surface area contributed by atoms with Crippen molar-refractivity contribution in [3.63, 3.8) is 0 Å². The molecule has 19 heavy (non-hydrogen) atoms. The third kappa shape index (κ3) is 3.85. The van der Waals surface area contributed by atoms with E-state index in [1.165, 1.54) is 5.56 Å². The highest BCUT2D eigenvalue weighted by Crippen LogP contribution is 2.26. The summed E-state index contributed by atoms with van der Waals surface area (Å²) in [6, 6.07) is 1.97. The first-order chi connectivity index (χ1) is 9.10. The van der Waals surface area contributed by atoms with E-state index in [1.54, 1.807) is 10.9 Å². The summed E-state index contributed by atoms with van der Waals surface area (Å²) in [6.45, 7) is 0. The third-order valence-electron chi connectivity index (χ3n) is 2.85. The molecule has 3 N–H and O–H groups in total. The molecule has 0 bridgehead atoms. The van der Waals surface area contributed by atoms with Crippen LogP contribution in [0, 0.1) is 0 Å². The number of hydrazine groups is 1. The minimum absolute atomic E-state index is 0.00248. The van der Waals surface area contributed by atoms with E-state index in [1.807, 2.05) is 25.5 Å². The van der Waals surface area contributed by atoms with Crippen LogP contribution < -0.4 is 11.3 Å². The number of nitrogens with one attached hydrogen (secondary N) is 1. The van der Waals surface area contributed by atoms with E-state index in [4.69, 9.17) is 5.84 Å². The fourth-order valence-electron chi connectivity index (χ4n) is 1.89. The lowest BCUT2D eigenvalue weighted by Crippen LogP contribution is -2.29. The van der Waals surface area contributed by atoms with Gasteiger partial charge in [0.25, 0.3) is 0 Å². The Balaban J connectivity index is 2.07. The molecule has 7 heteroatoms. The predicted octanol–water partition coefficient (Wildman–Crippen LogP) is 2.48. The predicted molar refractivity (Wildman–Crippen MR) is 81.2 cm³/mol. The van der Waals surface area contributed by atoms with Gasteiger partial charge < -0.3 is 0 Å². The zero-order chi connectivity index (χ0) is 13.8. The highest BCUT2D eigenvalue weighted by molar-refractivity contribution is 9.11. The average molecular weight is 389 g/mol. The molecule has 2 rings (SSSR count). The summed E-state index contributed by atoms with van der Waals surface area (Å²) in [5.41, 5.74) is 4.92. The van der Waals surface area contributed by atoms with E-state index in [9.17, 15) is 0 Å². The van der Waals surface area contributed by atoms with E-state index in [-0.39, 0.29) is 6.04 Å². The Kier molecular flexibility index (Phi) is 5.09. The van der Waals surface area contributed by atoms with Crippen molar-refractivity contribution in [3.05, 3.63) is 44.9 Å². The van der Waals surface area contributed by atoms with Crippen molar-refractivity contribution >= 4 is 31.9 Å². The van der Waals surface area contributed by atoms with Crippen molar-refractivity contribution in [2.24, 2.45) is 12.9 Å². The number of aryl methyl sites for hydroxylation is 2. The van der Waals surface area contributed by atoms with Crippen LogP contribution in [0.25, 0.3) is 0 Å². The summed E-state index contributed by atoms with van der Waals surface area (Å²) in [4.78, 5) is 4.41. The molecule has 1 unspecified atom stereocenters. The maximum Gasteiger partial charge on any atom is 0.0729 e. The van der Waals surface area contributed by atoms with Crippen LogP contribution in [0.5, 0.6) is 0 Å². The van der Waals surface area contributed by atoms with Gasteiger partial charge in [-0.1, -0.05) is 0 Å². The number of pyridine rings is 1. The van der Waals surface area contributed by atoms with Gasteiger partial charge in [-0.2, -0.15) is 5.10 Å². The molecule has 102 valence electrons. The highest BCUT2D eigenvalue weighted by Gasteiger charge is 2.15. The van der Waals surface area contributed by atoms with Crippen LogP contribution in [0.2, 0.25) is 0 Å². The van der Waals surface area contributed by atoms with Crippen LogP contribution in [0.3, 0.4) is 0 Å². The van der Waals surface area contributed by atoms with Gasteiger partial charge in [0.15, 0.2) is 0 Å². The Labute approximate surface area is 128 Å². The molecular formula is C12H15Br2N5. The summed E-state index contributed by atoms with van der Waals surface area (Å²) in [5, 5.41) is 4.16. The van der Waals surface area contributed by atoms with Gasteiger partial charge >= 0.3 is 0 Å². The molecule has 0 saturated carbocycles. The zero-order valence-corrected chi connectivity index (χ0v) is 13.6. The molecule has 5 nitrogen and oxygen atoms in total. The molecule has 2 heterocycles. The molecular weight excluding hydrogens is 374 g/mol. The lowest BCUT2D eigenvalue weighted by molar-refractivity contribution is 0.502. The molecule has 0 aliphatic heterocycles. The van der Waals surface area contributed by atoms with E-state index in [2.05, 4.69) is 47.4 Å². The normalized spacial score (nSPS) is 12.6. The minimum atomic E-state index is 0.00248. The first kappa shape index (κ1) is 14.6. The van der Waals surface area contributed by atoms with E-state index < -0.39 is 0 Å². The zero-order valence-electron chi connectivity index (χ0n) is 10.5. The second-order valence-corrected chi connectivity index (χ2v) is 6.07. The molecule has 0 saturated heterocycles. The fourth-order valence-corrected chi connectivity index (χ4v) is 3.16. The molecule has 0 fully saturated rings. The van der Waals surface area contributed by atoms with Crippen LogP contribution in [0.1, 0.15) is 23.7 Å². The number of hydrogen-bond acceptors (Lipinski definition) is 4. The van der Waals surface area contributed by atoms with Crippen molar-refractivity contribution in [1.29, 1.82) is 0 Å². The molecule has 2 aromatic rings. The Hall–Kier alpha value is -0.760. The van der Waals surface area contributed by atoms with Crippen LogP contribution in [0.15, 0.2) is 33.6 Å². The Morgan fingerprint density at radius 3 is 2.79 bits per heavy atom. The molecule has 0 radical (unpaired) electrons. The lowest BCUT2D eigenvalue weighted by atomic mass is 10.1. The molecule has 0 spiro atoms. The van der Waals surface area contributed by atoms with Gasteiger partial charge in [-0.3, -0.25) is 20.9 Å². The molecule has 0 aliphatic rings. The summed E-state index contributed by atoms with van der Waals surface area (Å²) in [6.07, 6.45) is 7.41. The van der Waals surface area contributed by atoms with Gasteiger partial charge in [-0.05, 0) is 56.3 Å². The van der Waals surface area contributed by atoms with Gasteiger partial charge in [0.05, 0.1) is 17.9 Å². The maximum absolute atomic E-state index is 5.64. The SMILES string of the molecule is Cn1cc(CCC(NN)c2ncc(Br)cc2Br)cn1. The average Bonchev–Trinajstić information content (AvgIpc) is 2.78. The summed E-state index contributed by atoms with van der Waals surface area (Å²) in [5.74, 6) is 5.64. The van der Waals surface area contributed by atoms with Gasteiger partial charge in [-0.15, -0.1) is 0 Å². The van der Waals surface area contributed by atoms with Crippen molar-refractivity contribution in [2.45, 2.75) is 18.9 Å². The number of aromatic nitrogens is 3. The monoisotopic (exact) mass is 387 g/mol. The van der Waals surface area contributed by atoms with Gasteiger partial charge in [0, 0.05) is 28.4 Å². The number of halogens is 2. The number of nitrogens with two attached hydrogens (primary N) is 1. The summed E-state index contributed by atoms with van der Waals surface area (Å²) in [7, 11) is 1.91. The van der Waals surface area contributed by atoms with E-state index in [0.717, 1.165) is 27.5 Å². The number of nitrogens with zero attached hydrogens (tertiary/aromatic N) is 3. The molecule has 0 aromatic carbocycles. The topological polar surface area (TPSA) is 68.8 Å². The first-order valence-corrected chi connectivity index (χ1v) is 7.43. The molecule has 0 amide bonds. The van der Waals surface area contributed by atoms with E-state index in [0.29, 0.717) is 0 Å². The quantitative estimate of drug-likeness (QED) is 0.609. The molecule has 2 aromatic heterocycles. The van der Waals surface area contributed by atoms with Crippen LogP contribution in [-0.4, -0.2) is 14.8 Å². The standard InChI is InChI=1S/C12H15Br2N5/c1-19-7-8(5-17-19)2-3-11(18-15)12-10(14)4-9(13)6-16-12/h4-7,11,18H,2-3,15H2,1H3. The Morgan fingerprint density at radius 2 is 2.21 bits per heavy atom. The number of rotatable bonds is 5. The first-order valence-electron chi connectivity index (χ1n) is 5.84. The van der Waals surface area contributed by atoms with Crippen LogP contribution >= 0.6 is 31.9 Å². The van der Waals surface area contributed by atoms with Crippen LogP contribution in [-0.2, 0) is 13.5 Å². The fraction of sp³-hybridized carbons (Fsp3) is 0.333. The van der Waals surface area contributed by atoms with Crippen molar-refractivity contribution in [1.82, 2.24) is 20.2 Å². The van der Waals surface area contributed by atoms with Crippen molar-refractivity contribution in [3.8, 4) is 0 Å². The maximum atomic E-state index is 5.64. The minimum Gasteiger partial charge on any atom is -0.276 e. The van der Waals surface area contributed by atoms with Gasteiger partial charge in [0.1, 0.15) is 0 Å². The van der Waals surface area contributed by atoms with Crippen LogP contribution in [0.4, 0.5) is 0 Å². The third-order valence-corrected chi connectivity index (χ3v) is 3.92. The largest absolute Gasteiger partial charge is 0.276 e. The second kappa shape index (κ2) is 6.60. The second-order valence-electron chi connectivity index (χ2n) is 4.30. The molecule has 1 atom stereocenters. The lowest BCUT2D eigenvalue weighted by Gasteiger charge is -2.16. The van der Waals surface area contributed by atoms with Crippen molar-refractivity contribution in [2.75, 3.05) is 0 Å². The molecule has 0 aliphatic carbocycles. The summed E-state index contributed by atoms with van der Waals surface area (Å²) >= 11 is 6.90. The van der Waals surface area contributed by atoms with E-state index >= 15 is 0 Å². The smallest absolute Gasteiger partial charge is 0.0729 e. The number of hydrogen-bond donors (Lipinski definition) is 2.